The lowest BCUT2D eigenvalue weighted by Crippen LogP contribution is -2.38. The van der Waals surface area contributed by atoms with E-state index in [1.54, 1.807) is 42.1 Å². The molecule has 40 heavy (non-hydrogen) atoms. The molecule has 3 aromatic heterocycles. The summed E-state index contributed by atoms with van der Waals surface area (Å²) in [6.45, 7) is 9.07. The Hall–Kier alpha value is -4.57. The number of nitrogens with two attached hydrogens (primary N) is 1. The first kappa shape index (κ1) is 28.4. The fourth-order valence-electron chi connectivity index (χ4n) is 4.31. The van der Waals surface area contributed by atoms with E-state index < -0.39 is 24.2 Å². The van der Waals surface area contributed by atoms with Crippen molar-refractivity contribution in [2.45, 2.75) is 39.5 Å². The number of pyridine rings is 2. The Balaban J connectivity index is 1.82. The lowest BCUT2D eigenvalue weighted by atomic mass is 10.0. The Bertz CT molecular complexity index is 1570. The fraction of sp³-hybridized carbons (Fsp3) is 0.267. The number of esters is 1. The molecule has 4 rings (SSSR count). The average molecular weight is 546 g/mol. The van der Waals surface area contributed by atoms with Gasteiger partial charge in [0.2, 0.25) is 11.9 Å². The molecule has 3 atom stereocenters. The maximum absolute atomic E-state index is 14.1. The SMILES string of the molecule is C=CC(=O)Nc1cc(OC)cc(-c2cnc3c(c2)c(-c2ccnc(F)c2)cn3C(C)OC(=O)[C@@H](N)[C@@H](C)CC)c1. The van der Waals surface area contributed by atoms with E-state index in [-0.39, 0.29) is 11.8 Å². The summed E-state index contributed by atoms with van der Waals surface area (Å²) in [6, 6.07) is 9.46. The summed E-state index contributed by atoms with van der Waals surface area (Å²) in [5.41, 5.74) is 9.83. The number of anilines is 1. The van der Waals surface area contributed by atoms with Crippen LogP contribution in [0.4, 0.5) is 10.1 Å². The van der Waals surface area contributed by atoms with Crippen LogP contribution in [0.2, 0.25) is 0 Å². The number of hydrogen-bond acceptors (Lipinski definition) is 7. The molecule has 0 aliphatic rings. The molecule has 0 saturated carbocycles. The number of aromatic nitrogens is 3. The number of carbonyl (C=O) groups is 2. The maximum atomic E-state index is 14.1. The molecule has 0 aliphatic heterocycles. The molecule has 0 saturated heterocycles. The second-order valence-electron chi connectivity index (χ2n) is 9.50. The Labute approximate surface area is 231 Å². The molecule has 1 aromatic carbocycles. The van der Waals surface area contributed by atoms with Crippen molar-refractivity contribution < 1.29 is 23.5 Å². The molecule has 3 N–H and O–H groups in total. The van der Waals surface area contributed by atoms with Crippen molar-refractivity contribution in [2.24, 2.45) is 11.7 Å². The van der Waals surface area contributed by atoms with Crippen LogP contribution in [0.25, 0.3) is 33.3 Å². The summed E-state index contributed by atoms with van der Waals surface area (Å²) < 4.78 is 27.0. The van der Waals surface area contributed by atoms with Crippen molar-refractivity contribution >= 4 is 28.6 Å². The molecule has 0 radical (unpaired) electrons. The van der Waals surface area contributed by atoms with Crippen molar-refractivity contribution in [1.29, 1.82) is 0 Å². The molecule has 3 heterocycles. The first-order valence-electron chi connectivity index (χ1n) is 12.9. The van der Waals surface area contributed by atoms with E-state index in [1.165, 1.54) is 25.4 Å². The number of benzene rings is 1. The highest BCUT2D eigenvalue weighted by atomic mass is 19.1. The van der Waals surface area contributed by atoms with Gasteiger partial charge < -0.3 is 20.5 Å². The van der Waals surface area contributed by atoms with Crippen molar-refractivity contribution in [3.63, 3.8) is 0 Å². The predicted octanol–water partition coefficient (Wildman–Crippen LogP) is 5.47. The van der Waals surface area contributed by atoms with Gasteiger partial charge >= 0.3 is 5.97 Å². The topological polar surface area (TPSA) is 121 Å². The molecular weight excluding hydrogens is 513 g/mol. The van der Waals surface area contributed by atoms with E-state index in [2.05, 4.69) is 16.9 Å². The highest BCUT2D eigenvalue weighted by Crippen LogP contribution is 2.36. The number of ether oxygens (including phenoxy) is 2. The van der Waals surface area contributed by atoms with Crippen LogP contribution >= 0.6 is 0 Å². The molecule has 1 amide bonds. The van der Waals surface area contributed by atoms with Crippen LogP contribution in [-0.4, -0.2) is 39.6 Å². The zero-order valence-electron chi connectivity index (χ0n) is 22.8. The summed E-state index contributed by atoms with van der Waals surface area (Å²) in [5.74, 6) is -1.01. The number of amides is 1. The summed E-state index contributed by atoms with van der Waals surface area (Å²) >= 11 is 0. The van der Waals surface area contributed by atoms with Crippen molar-refractivity contribution in [2.75, 3.05) is 12.4 Å². The van der Waals surface area contributed by atoms with Gasteiger partial charge in [-0.15, -0.1) is 0 Å². The number of hydrogen-bond donors (Lipinski definition) is 2. The minimum absolute atomic E-state index is 0.0406. The van der Waals surface area contributed by atoms with Crippen LogP contribution in [0.3, 0.4) is 0 Å². The normalized spacial score (nSPS) is 13.3. The Morgan fingerprint density at radius 3 is 2.60 bits per heavy atom. The second-order valence-corrected chi connectivity index (χ2v) is 9.50. The maximum Gasteiger partial charge on any atom is 0.325 e. The van der Waals surface area contributed by atoms with E-state index in [1.807, 2.05) is 26.0 Å². The third kappa shape index (κ3) is 6.02. The molecular formula is C30H32FN5O4. The predicted molar refractivity (Wildman–Crippen MR) is 152 cm³/mol. The van der Waals surface area contributed by atoms with E-state index in [0.29, 0.717) is 33.6 Å². The average Bonchev–Trinajstić information content (AvgIpc) is 3.35. The number of halogens is 1. The number of carbonyl (C=O) groups excluding carboxylic acids is 2. The van der Waals surface area contributed by atoms with Crippen LogP contribution < -0.4 is 15.8 Å². The highest BCUT2D eigenvalue weighted by Gasteiger charge is 2.25. The minimum atomic E-state index is -0.758. The fourth-order valence-corrected chi connectivity index (χ4v) is 4.31. The third-order valence-corrected chi connectivity index (χ3v) is 6.84. The zero-order chi connectivity index (χ0) is 29.0. The van der Waals surface area contributed by atoms with Gasteiger partial charge in [-0.2, -0.15) is 4.39 Å². The van der Waals surface area contributed by atoms with Crippen LogP contribution in [0.15, 0.2) is 67.6 Å². The monoisotopic (exact) mass is 545 g/mol. The summed E-state index contributed by atoms with van der Waals surface area (Å²) in [5, 5.41) is 3.44. The summed E-state index contributed by atoms with van der Waals surface area (Å²) in [7, 11) is 1.53. The molecule has 1 unspecified atom stereocenters. The number of methoxy groups -OCH3 is 1. The minimum Gasteiger partial charge on any atom is -0.497 e. The lowest BCUT2D eigenvalue weighted by Gasteiger charge is -2.21. The molecule has 4 aromatic rings. The van der Waals surface area contributed by atoms with E-state index in [0.717, 1.165) is 17.5 Å². The van der Waals surface area contributed by atoms with Crippen molar-refractivity contribution in [3.8, 4) is 28.0 Å². The number of rotatable bonds is 10. The molecule has 9 nitrogen and oxygen atoms in total. The quantitative estimate of drug-likeness (QED) is 0.154. The number of nitrogens with one attached hydrogen (secondary N) is 1. The smallest absolute Gasteiger partial charge is 0.325 e. The van der Waals surface area contributed by atoms with Gasteiger partial charge in [-0.3, -0.25) is 14.2 Å². The first-order chi connectivity index (χ1) is 19.1. The molecule has 10 heteroatoms. The molecule has 0 spiro atoms. The number of fused-ring (bicyclic) bond motifs is 1. The Kier molecular flexibility index (Phi) is 8.59. The van der Waals surface area contributed by atoms with Gasteiger partial charge in [0.15, 0.2) is 6.23 Å². The van der Waals surface area contributed by atoms with Gasteiger partial charge in [0.25, 0.3) is 0 Å². The molecule has 0 bridgehead atoms. The Morgan fingerprint density at radius 2 is 1.93 bits per heavy atom. The standard InChI is InChI=1S/C30H32FN5O4/c1-6-17(3)28(32)30(38)40-18(4)36-16-25(19-8-9-33-26(31)13-19)24-12-21(15-34-29(24)36)20-10-22(35-27(37)7-2)14-23(11-20)39-5/h7-18,28H,2,6,32H2,1,3-5H3,(H,35,37)/t17-,18?,28-/m0/s1. The molecule has 208 valence electrons. The van der Waals surface area contributed by atoms with Gasteiger partial charge in [-0.25, -0.2) is 9.97 Å². The largest absolute Gasteiger partial charge is 0.497 e. The van der Waals surface area contributed by atoms with Crippen LogP contribution in [-0.2, 0) is 14.3 Å². The first-order valence-corrected chi connectivity index (χ1v) is 12.9. The summed E-state index contributed by atoms with van der Waals surface area (Å²) in [4.78, 5) is 33.0. The van der Waals surface area contributed by atoms with Gasteiger partial charge in [-0.05, 0) is 54.3 Å². The van der Waals surface area contributed by atoms with Gasteiger partial charge in [0, 0.05) is 52.9 Å². The van der Waals surface area contributed by atoms with Gasteiger partial charge in [0.1, 0.15) is 17.4 Å². The van der Waals surface area contributed by atoms with E-state index >= 15 is 0 Å². The zero-order valence-corrected chi connectivity index (χ0v) is 22.8. The van der Waals surface area contributed by atoms with Crippen LogP contribution in [0.1, 0.15) is 33.4 Å². The molecule has 0 fully saturated rings. The summed E-state index contributed by atoms with van der Waals surface area (Å²) in [6.07, 6.45) is 6.01. The van der Waals surface area contributed by atoms with Crippen molar-refractivity contribution in [1.82, 2.24) is 14.5 Å². The van der Waals surface area contributed by atoms with Gasteiger partial charge in [0.05, 0.1) is 7.11 Å². The molecule has 0 aliphatic carbocycles. The second kappa shape index (κ2) is 12.1. The lowest BCUT2D eigenvalue weighted by molar-refractivity contribution is -0.155. The van der Waals surface area contributed by atoms with E-state index in [4.69, 9.17) is 20.2 Å². The highest BCUT2D eigenvalue weighted by molar-refractivity contribution is 6.00. The van der Waals surface area contributed by atoms with E-state index in [9.17, 15) is 14.0 Å². The van der Waals surface area contributed by atoms with Gasteiger partial charge in [-0.1, -0.05) is 26.8 Å². The Morgan fingerprint density at radius 1 is 1.15 bits per heavy atom. The van der Waals surface area contributed by atoms with Crippen LogP contribution in [0.5, 0.6) is 5.75 Å². The third-order valence-electron chi connectivity index (χ3n) is 6.84. The van der Waals surface area contributed by atoms with Crippen LogP contribution in [0, 0.1) is 11.9 Å². The number of nitrogens with zero attached hydrogens (tertiary/aromatic N) is 3. The van der Waals surface area contributed by atoms with Crippen molar-refractivity contribution in [3.05, 3.63) is 73.6 Å².